The standard InChI is InChI=1S/C8H8N4O2/c1-2-14-8(13)6-4-3-5-12-7(6)9-10-11-12/h3-5H,2H2,1H3. The smallest absolute Gasteiger partial charge is 0.342 e. The van der Waals surface area contributed by atoms with Crippen LogP contribution in [0.5, 0.6) is 0 Å². The van der Waals surface area contributed by atoms with Crippen molar-refractivity contribution in [2.75, 3.05) is 6.61 Å². The predicted octanol–water partition coefficient (Wildman–Crippen LogP) is 0.301. The quantitative estimate of drug-likeness (QED) is 0.640. The Kier molecular flexibility index (Phi) is 2.10. The number of tetrazole rings is 1. The lowest BCUT2D eigenvalue weighted by molar-refractivity contribution is 0.0528. The van der Waals surface area contributed by atoms with E-state index >= 15 is 0 Å². The molecule has 0 radical (unpaired) electrons. The number of pyridine rings is 1. The molecule has 72 valence electrons. The fourth-order valence-corrected chi connectivity index (χ4v) is 1.13. The molecule has 0 spiro atoms. The van der Waals surface area contributed by atoms with Crippen molar-refractivity contribution in [3.8, 4) is 0 Å². The summed E-state index contributed by atoms with van der Waals surface area (Å²) in [5.41, 5.74) is 0.783. The molecule has 0 N–H and O–H groups in total. The highest BCUT2D eigenvalue weighted by Crippen LogP contribution is 2.07. The number of hydrogen-bond acceptors (Lipinski definition) is 5. The largest absolute Gasteiger partial charge is 0.462 e. The fourth-order valence-electron chi connectivity index (χ4n) is 1.13. The highest BCUT2D eigenvalue weighted by Gasteiger charge is 2.12. The highest BCUT2D eigenvalue weighted by molar-refractivity contribution is 5.95. The lowest BCUT2D eigenvalue weighted by atomic mass is 10.3. The molecule has 0 amide bonds. The van der Waals surface area contributed by atoms with Crippen LogP contribution in [0.3, 0.4) is 0 Å². The van der Waals surface area contributed by atoms with Crippen LogP contribution in [-0.4, -0.2) is 32.6 Å². The van der Waals surface area contributed by atoms with Crippen LogP contribution in [-0.2, 0) is 4.74 Å². The first-order valence-electron chi connectivity index (χ1n) is 4.16. The van der Waals surface area contributed by atoms with Crippen LogP contribution in [0.25, 0.3) is 5.65 Å². The van der Waals surface area contributed by atoms with E-state index in [0.717, 1.165) is 0 Å². The van der Waals surface area contributed by atoms with E-state index in [2.05, 4.69) is 15.5 Å². The molecule has 2 aromatic rings. The molecule has 2 heterocycles. The van der Waals surface area contributed by atoms with Gasteiger partial charge in [-0.05, 0) is 29.5 Å². The van der Waals surface area contributed by atoms with Gasteiger partial charge < -0.3 is 4.74 Å². The lowest BCUT2D eigenvalue weighted by Crippen LogP contribution is -2.06. The van der Waals surface area contributed by atoms with Crippen LogP contribution in [0.4, 0.5) is 0 Å². The molecular weight excluding hydrogens is 184 g/mol. The Hall–Kier alpha value is -1.98. The first-order chi connectivity index (χ1) is 6.83. The summed E-state index contributed by atoms with van der Waals surface area (Å²) in [4.78, 5) is 11.4. The second kappa shape index (κ2) is 3.41. The minimum atomic E-state index is -0.409. The van der Waals surface area contributed by atoms with Crippen LogP contribution in [0.1, 0.15) is 17.3 Å². The van der Waals surface area contributed by atoms with E-state index < -0.39 is 5.97 Å². The van der Waals surface area contributed by atoms with Gasteiger partial charge in [0.1, 0.15) is 5.56 Å². The third-order valence-corrected chi connectivity index (χ3v) is 1.72. The number of rotatable bonds is 2. The monoisotopic (exact) mass is 192 g/mol. The normalized spacial score (nSPS) is 10.4. The maximum absolute atomic E-state index is 11.4. The molecule has 2 rings (SSSR count). The Morgan fingerprint density at radius 1 is 1.64 bits per heavy atom. The molecule has 6 heteroatoms. The van der Waals surface area contributed by atoms with E-state index in [1.165, 1.54) is 4.52 Å². The van der Waals surface area contributed by atoms with E-state index in [4.69, 9.17) is 4.74 Å². The molecule has 0 saturated carbocycles. The number of esters is 1. The highest BCUT2D eigenvalue weighted by atomic mass is 16.5. The number of ether oxygens (including phenoxy) is 1. The van der Waals surface area contributed by atoms with Crippen molar-refractivity contribution in [2.45, 2.75) is 6.92 Å². The van der Waals surface area contributed by atoms with Crippen molar-refractivity contribution < 1.29 is 9.53 Å². The maximum Gasteiger partial charge on any atom is 0.342 e. The van der Waals surface area contributed by atoms with Crippen LogP contribution in [0, 0.1) is 0 Å². The summed E-state index contributed by atoms with van der Waals surface area (Å²) in [5.74, 6) is -0.409. The predicted molar refractivity (Wildman–Crippen MR) is 46.7 cm³/mol. The Labute approximate surface area is 79.5 Å². The minimum Gasteiger partial charge on any atom is -0.462 e. The minimum absolute atomic E-state index is 0.335. The summed E-state index contributed by atoms with van der Waals surface area (Å²) in [7, 11) is 0. The van der Waals surface area contributed by atoms with Gasteiger partial charge in [-0.3, -0.25) is 0 Å². The third-order valence-electron chi connectivity index (χ3n) is 1.72. The molecule has 0 saturated heterocycles. The van der Waals surface area contributed by atoms with Gasteiger partial charge in [-0.1, -0.05) is 0 Å². The number of aromatic nitrogens is 4. The SMILES string of the molecule is CCOC(=O)c1cccn2nnnc12. The zero-order valence-corrected chi connectivity index (χ0v) is 7.54. The summed E-state index contributed by atoms with van der Waals surface area (Å²) >= 11 is 0. The van der Waals surface area contributed by atoms with Crippen molar-refractivity contribution in [3.63, 3.8) is 0 Å². The topological polar surface area (TPSA) is 69.4 Å². The van der Waals surface area contributed by atoms with Gasteiger partial charge in [0, 0.05) is 6.20 Å². The average Bonchev–Trinajstić information content (AvgIpc) is 2.65. The fraction of sp³-hybridized carbons (Fsp3) is 0.250. The summed E-state index contributed by atoms with van der Waals surface area (Å²) in [6.45, 7) is 2.08. The molecule has 14 heavy (non-hydrogen) atoms. The Morgan fingerprint density at radius 2 is 2.50 bits per heavy atom. The van der Waals surface area contributed by atoms with Gasteiger partial charge in [-0.25, -0.2) is 4.79 Å². The van der Waals surface area contributed by atoms with Crippen molar-refractivity contribution in [1.82, 2.24) is 20.0 Å². The molecule has 0 fully saturated rings. The van der Waals surface area contributed by atoms with Gasteiger partial charge in [0.15, 0.2) is 5.65 Å². The Balaban J connectivity index is 2.50. The first-order valence-corrected chi connectivity index (χ1v) is 4.16. The van der Waals surface area contributed by atoms with Gasteiger partial charge in [0.05, 0.1) is 6.61 Å². The molecule has 0 aromatic carbocycles. The van der Waals surface area contributed by atoms with E-state index in [1.807, 2.05) is 0 Å². The molecule has 0 atom stereocenters. The zero-order chi connectivity index (χ0) is 9.97. The van der Waals surface area contributed by atoms with Crippen LogP contribution in [0.2, 0.25) is 0 Å². The third kappa shape index (κ3) is 1.30. The second-order valence-corrected chi connectivity index (χ2v) is 2.59. The molecule has 0 aliphatic heterocycles. The summed E-state index contributed by atoms with van der Waals surface area (Å²) in [6.07, 6.45) is 1.66. The first kappa shape index (κ1) is 8.61. The molecular formula is C8H8N4O2. The summed E-state index contributed by atoms with van der Waals surface area (Å²) < 4.78 is 6.28. The molecule has 0 aliphatic rings. The molecule has 0 unspecified atom stereocenters. The maximum atomic E-state index is 11.4. The number of carbonyl (C=O) groups excluding carboxylic acids is 1. The molecule has 0 bridgehead atoms. The van der Waals surface area contributed by atoms with Gasteiger partial charge in [-0.2, -0.15) is 4.52 Å². The number of carbonyl (C=O) groups is 1. The molecule has 6 nitrogen and oxygen atoms in total. The number of fused-ring (bicyclic) bond motifs is 1. The van der Waals surface area contributed by atoms with Crippen molar-refractivity contribution in [1.29, 1.82) is 0 Å². The Morgan fingerprint density at radius 3 is 3.29 bits per heavy atom. The average molecular weight is 192 g/mol. The number of nitrogens with zero attached hydrogens (tertiary/aromatic N) is 4. The van der Waals surface area contributed by atoms with Crippen molar-refractivity contribution in [3.05, 3.63) is 23.9 Å². The Bertz CT molecular complexity index is 465. The van der Waals surface area contributed by atoms with Crippen LogP contribution < -0.4 is 0 Å². The van der Waals surface area contributed by atoms with Gasteiger partial charge in [-0.15, -0.1) is 5.10 Å². The second-order valence-electron chi connectivity index (χ2n) is 2.59. The van der Waals surface area contributed by atoms with E-state index in [9.17, 15) is 4.79 Å². The van der Waals surface area contributed by atoms with Crippen LogP contribution in [0.15, 0.2) is 18.3 Å². The van der Waals surface area contributed by atoms with E-state index in [0.29, 0.717) is 17.8 Å². The lowest BCUT2D eigenvalue weighted by Gasteiger charge is -2.00. The zero-order valence-electron chi connectivity index (χ0n) is 7.54. The summed E-state index contributed by atoms with van der Waals surface area (Å²) in [5, 5.41) is 10.9. The van der Waals surface area contributed by atoms with Crippen molar-refractivity contribution >= 4 is 11.6 Å². The number of hydrogen-bond donors (Lipinski definition) is 0. The summed E-state index contributed by atoms with van der Waals surface area (Å²) in [6, 6.07) is 3.32. The van der Waals surface area contributed by atoms with Gasteiger partial charge in [0.2, 0.25) is 0 Å². The van der Waals surface area contributed by atoms with Crippen LogP contribution >= 0.6 is 0 Å². The van der Waals surface area contributed by atoms with Gasteiger partial charge >= 0.3 is 5.97 Å². The van der Waals surface area contributed by atoms with Gasteiger partial charge in [0.25, 0.3) is 0 Å². The van der Waals surface area contributed by atoms with Crippen molar-refractivity contribution in [2.24, 2.45) is 0 Å². The van der Waals surface area contributed by atoms with E-state index in [-0.39, 0.29) is 0 Å². The van der Waals surface area contributed by atoms with E-state index in [1.54, 1.807) is 25.3 Å². The molecule has 0 aliphatic carbocycles. The molecule has 2 aromatic heterocycles.